The Labute approximate surface area is 96.9 Å². The third-order valence-electron chi connectivity index (χ3n) is 1.37. The van der Waals surface area contributed by atoms with E-state index in [0.29, 0.717) is 0 Å². The van der Waals surface area contributed by atoms with E-state index in [0.717, 1.165) is 0 Å². The maximum absolute atomic E-state index is 10.2. The van der Waals surface area contributed by atoms with Crippen LogP contribution in [-0.2, 0) is 14.4 Å². The standard InChI is InChI=1S/C5H9NO4.C3H7NO3/c1-3(8)6-4(2-7)5(9)10;4-2(1-5)3(6)7/h4,7H,2H2,1H3,(H,6,8)(H,9,10);2,5H,1,4H2,(H,6,7)/t4-;2-/m11/s1. The number of hydrogen-bond acceptors (Lipinski definition) is 6. The zero-order valence-corrected chi connectivity index (χ0v) is 9.16. The van der Waals surface area contributed by atoms with Gasteiger partial charge in [0.05, 0.1) is 13.2 Å². The number of aliphatic hydroxyl groups excluding tert-OH is 2. The van der Waals surface area contributed by atoms with Gasteiger partial charge in [0.15, 0.2) is 0 Å². The summed E-state index contributed by atoms with van der Waals surface area (Å²) >= 11 is 0. The number of nitrogens with two attached hydrogens (primary N) is 1. The molecule has 0 aromatic carbocycles. The Kier molecular flexibility index (Phi) is 9.89. The van der Waals surface area contributed by atoms with Gasteiger partial charge in [0, 0.05) is 6.92 Å². The van der Waals surface area contributed by atoms with Crippen LogP contribution in [0.5, 0.6) is 0 Å². The van der Waals surface area contributed by atoms with Gasteiger partial charge < -0.3 is 31.5 Å². The molecule has 17 heavy (non-hydrogen) atoms. The molecule has 0 aromatic heterocycles. The molecule has 0 saturated heterocycles. The lowest BCUT2D eigenvalue weighted by atomic mass is 10.3. The molecule has 0 unspecified atom stereocenters. The second-order valence-corrected chi connectivity index (χ2v) is 2.90. The molecule has 0 bridgehead atoms. The van der Waals surface area contributed by atoms with Crippen LogP contribution in [0.25, 0.3) is 0 Å². The van der Waals surface area contributed by atoms with Crippen LogP contribution in [0.1, 0.15) is 6.92 Å². The number of aliphatic hydroxyl groups is 2. The van der Waals surface area contributed by atoms with E-state index in [-0.39, 0.29) is 0 Å². The number of rotatable bonds is 5. The Hall–Kier alpha value is -1.71. The lowest BCUT2D eigenvalue weighted by Gasteiger charge is -2.08. The molecule has 0 aromatic rings. The summed E-state index contributed by atoms with van der Waals surface area (Å²) < 4.78 is 0. The highest BCUT2D eigenvalue weighted by molar-refractivity contribution is 5.82. The van der Waals surface area contributed by atoms with E-state index in [1.807, 2.05) is 5.32 Å². The number of hydrogen-bond donors (Lipinski definition) is 6. The Morgan fingerprint density at radius 3 is 1.65 bits per heavy atom. The maximum Gasteiger partial charge on any atom is 0.328 e. The minimum Gasteiger partial charge on any atom is -0.480 e. The van der Waals surface area contributed by atoms with Crippen molar-refractivity contribution < 1.29 is 34.8 Å². The van der Waals surface area contributed by atoms with Crippen molar-refractivity contribution >= 4 is 17.8 Å². The molecule has 9 heteroatoms. The predicted molar refractivity (Wildman–Crippen MR) is 55.0 cm³/mol. The van der Waals surface area contributed by atoms with E-state index in [1.165, 1.54) is 6.92 Å². The summed E-state index contributed by atoms with van der Waals surface area (Å²) in [6, 6.07) is -2.31. The summed E-state index contributed by atoms with van der Waals surface area (Å²) in [6.07, 6.45) is 0. The second kappa shape index (κ2) is 9.51. The van der Waals surface area contributed by atoms with Crippen LogP contribution in [0.3, 0.4) is 0 Å². The highest BCUT2D eigenvalue weighted by atomic mass is 16.4. The molecule has 1 amide bonds. The van der Waals surface area contributed by atoms with Gasteiger partial charge in [-0.25, -0.2) is 4.79 Å². The molecule has 0 saturated carbocycles. The minimum absolute atomic E-state index is 0.471. The third kappa shape index (κ3) is 10.6. The molecule has 100 valence electrons. The Balaban J connectivity index is 0. The van der Waals surface area contributed by atoms with Gasteiger partial charge in [-0.1, -0.05) is 0 Å². The molecule has 0 radical (unpaired) electrons. The number of aliphatic carboxylic acids is 2. The number of carbonyl (C=O) groups is 3. The quantitative estimate of drug-likeness (QED) is 0.300. The maximum atomic E-state index is 10.2. The number of amides is 1. The van der Waals surface area contributed by atoms with Crippen LogP contribution in [0.2, 0.25) is 0 Å². The summed E-state index contributed by atoms with van der Waals surface area (Å²) in [4.78, 5) is 30.0. The lowest BCUT2D eigenvalue weighted by molar-refractivity contribution is -0.142. The highest BCUT2D eigenvalue weighted by Crippen LogP contribution is 1.80. The molecular formula is C8H16N2O7. The van der Waals surface area contributed by atoms with Crippen molar-refractivity contribution in [1.29, 1.82) is 0 Å². The monoisotopic (exact) mass is 252 g/mol. The van der Waals surface area contributed by atoms with Gasteiger partial charge in [-0.2, -0.15) is 0 Å². The van der Waals surface area contributed by atoms with Crippen LogP contribution >= 0.6 is 0 Å². The molecule has 7 N–H and O–H groups in total. The fourth-order valence-corrected chi connectivity index (χ4v) is 0.509. The highest BCUT2D eigenvalue weighted by Gasteiger charge is 2.15. The second-order valence-electron chi connectivity index (χ2n) is 2.90. The van der Waals surface area contributed by atoms with Crippen LogP contribution < -0.4 is 11.1 Å². The van der Waals surface area contributed by atoms with E-state index >= 15 is 0 Å². The molecule has 0 rings (SSSR count). The largest absolute Gasteiger partial charge is 0.480 e. The lowest BCUT2D eigenvalue weighted by Crippen LogP contribution is -2.42. The molecule has 0 spiro atoms. The van der Waals surface area contributed by atoms with Crippen molar-refractivity contribution in [3.8, 4) is 0 Å². The average Bonchev–Trinajstić information content (AvgIpc) is 2.24. The normalized spacial score (nSPS) is 12.7. The van der Waals surface area contributed by atoms with Crippen molar-refractivity contribution in [2.75, 3.05) is 13.2 Å². The molecule has 0 aliphatic carbocycles. The number of nitrogens with one attached hydrogen (secondary N) is 1. The van der Waals surface area contributed by atoms with Gasteiger partial charge in [-0.15, -0.1) is 0 Å². The molecule has 0 aliphatic heterocycles. The summed E-state index contributed by atoms with van der Waals surface area (Å²) in [6.45, 7) is 0.0931. The fraction of sp³-hybridized carbons (Fsp3) is 0.625. The topological polar surface area (TPSA) is 170 Å². The van der Waals surface area contributed by atoms with Crippen LogP contribution in [0, 0.1) is 0 Å². The van der Waals surface area contributed by atoms with E-state index in [9.17, 15) is 14.4 Å². The van der Waals surface area contributed by atoms with Gasteiger partial charge in [-0.3, -0.25) is 9.59 Å². The zero-order chi connectivity index (χ0) is 14.0. The Bertz CT molecular complexity index is 269. The van der Waals surface area contributed by atoms with Crippen molar-refractivity contribution in [1.82, 2.24) is 5.32 Å². The number of carboxylic acid groups (broad SMARTS) is 2. The first-order chi connectivity index (χ1) is 7.76. The van der Waals surface area contributed by atoms with Gasteiger partial charge >= 0.3 is 11.9 Å². The SMILES string of the molecule is CC(=O)N[C@H](CO)C(=O)O.N[C@H](CO)C(=O)O. The van der Waals surface area contributed by atoms with Gasteiger partial charge in [0.1, 0.15) is 12.1 Å². The first-order valence-corrected chi connectivity index (χ1v) is 4.46. The smallest absolute Gasteiger partial charge is 0.328 e. The van der Waals surface area contributed by atoms with Gasteiger partial charge in [-0.05, 0) is 0 Å². The Morgan fingerprint density at radius 1 is 1.12 bits per heavy atom. The summed E-state index contributed by atoms with van der Waals surface area (Å²) in [5.41, 5.74) is 4.77. The van der Waals surface area contributed by atoms with E-state index in [2.05, 4.69) is 0 Å². The zero-order valence-electron chi connectivity index (χ0n) is 9.16. The first-order valence-electron chi connectivity index (χ1n) is 4.46. The summed E-state index contributed by atoms with van der Waals surface area (Å²) in [7, 11) is 0. The van der Waals surface area contributed by atoms with Gasteiger partial charge in [0.25, 0.3) is 0 Å². The van der Waals surface area contributed by atoms with Gasteiger partial charge in [0.2, 0.25) is 5.91 Å². The van der Waals surface area contributed by atoms with Crippen LogP contribution in [0.4, 0.5) is 0 Å². The van der Waals surface area contributed by atoms with Crippen molar-refractivity contribution in [2.24, 2.45) is 5.73 Å². The van der Waals surface area contributed by atoms with Crippen molar-refractivity contribution in [2.45, 2.75) is 19.0 Å². The van der Waals surface area contributed by atoms with Crippen LogP contribution in [0.15, 0.2) is 0 Å². The van der Waals surface area contributed by atoms with Crippen molar-refractivity contribution in [3.63, 3.8) is 0 Å². The third-order valence-corrected chi connectivity index (χ3v) is 1.37. The molecular weight excluding hydrogens is 236 g/mol. The van der Waals surface area contributed by atoms with E-state index in [4.69, 9.17) is 26.2 Å². The summed E-state index contributed by atoms with van der Waals surface area (Å²) in [5, 5.41) is 34.5. The minimum atomic E-state index is -1.24. The Morgan fingerprint density at radius 2 is 1.59 bits per heavy atom. The molecule has 9 nitrogen and oxygen atoms in total. The van der Waals surface area contributed by atoms with Crippen molar-refractivity contribution in [3.05, 3.63) is 0 Å². The number of carboxylic acids is 2. The molecule has 0 aliphatic rings. The first kappa shape index (κ1) is 17.7. The number of carbonyl (C=O) groups excluding carboxylic acids is 1. The molecule has 0 heterocycles. The van der Waals surface area contributed by atoms with E-state index < -0.39 is 43.1 Å². The summed E-state index contributed by atoms with van der Waals surface area (Å²) in [5.74, 6) is -2.89. The van der Waals surface area contributed by atoms with Crippen LogP contribution in [-0.4, -0.2) is 63.6 Å². The average molecular weight is 252 g/mol. The molecule has 0 fully saturated rings. The molecule has 2 atom stereocenters. The van der Waals surface area contributed by atoms with E-state index in [1.54, 1.807) is 0 Å². The fourth-order valence-electron chi connectivity index (χ4n) is 0.509. The predicted octanol–water partition coefficient (Wildman–Crippen LogP) is -3.04.